The fraction of sp³-hybridized carbons (Fsp3) is 0.286. The van der Waals surface area contributed by atoms with E-state index in [-0.39, 0.29) is 5.56 Å². The van der Waals surface area contributed by atoms with E-state index in [9.17, 15) is 15.0 Å². The van der Waals surface area contributed by atoms with Gasteiger partial charge in [-0.1, -0.05) is 35.9 Å². The number of nitrogens with zero attached hydrogens (tertiary/aromatic N) is 2. The zero-order valence-corrected chi connectivity index (χ0v) is 20.0. The van der Waals surface area contributed by atoms with Crippen LogP contribution >= 0.6 is 11.6 Å². The second-order valence-corrected chi connectivity index (χ2v) is 9.56. The highest BCUT2D eigenvalue weighted by Crippen LogP contribution is 2.39. The third-order valence-corrected chi connectivity index (χ3v) is 7.21. The van der Waals surface area contributed by atoms with Crippen LogP contribution in [0.5, 0.6) is 11.6 Å². The molecule has 0 radical (unpaired) electrons. The van der Waals surface area contributed by atoms with E-state index in [1.165, 1.54) is 0 Å². The van der Waals surface area contributed by atoms with Crippen molar-refractivity contribution in [3.8, 4) is 11.6 Å². The molecule has 0 atom stereocenters. The van der Waals surface area contributed by atoms with Crippen LogP contribution in [0.3, 0.4) is 0 Å². The summed E-state index contributed by atoms with van der Waals surface area (Å²) in [6.45, 7) is 2.45. The first-order valence-corrected chi connectivity index (χ1v) is 12.2. The topological polar surface area (TPSA) is 82.9 Å². The molecule has 3 heterocycles. The van der Waals surface area contributed by atoms with Crippen molar-refractivity contribution in [1.29, 1.82) is 0 Å². The summed E-state index contributed by atoms with van der Waals surface area (Å²) in [6.07, 6.45) is 6.44. The lowest BCUT2D eigenvalue weighted by atomic mass is 9.84. The molecule has 2 aliphatic rings. The maximum atomic E-state index is 11.8. The van der Waals surface area contributed by atoms with Gasteiger partial charge < -0.3 is 19.8 Å². The average Bonchev–Trinajstić information content (AvgIpc) is 3.02. The van der Waals surface area contributed by atoms with Crippen LogP contribution in [0.25, 0.3) is 5.57 Å². The first-order chi connectivity index (χ1) is 16.9. The van der Waals surface area contributed by atoms with E-state index in [1.807, 2.05) is 36.4 Å². The second kappa shape index (κ2) is 9.82. The molecule has 7 heteroatoms. The Morgan fingerprint density at radius 2 is 1.89 bits per heavy atom. The van der Waals surface area contributed by atoms with Crippen molar-refractivity contribution in [2.45, 2.75) is 31.3 Å². The number of hydrogen-bond donors (Lipinski definition) is 2. The Morgan fingerprint density at radius 1 is 1.11 bits per heavy atom. The minimum absolute atomic E-state index is 0.249. The summed E-state index contributed by atoms with van der Waals surface area (Å²) in [4.78, 5) is 18.6. The molecular weight excluding hydrogens is 464 g/mol. The van der Waals surface area contributed by atoms with Gasteiger partial charge in [0.2, 0.25) is 5.88 Å². The van der Waals surface area contributed by atoms with Crippen LogP contribution in [0.15, 0.2) is 66.9 Å². The number of aliphatic hydroxyl groups is 1. The molecular formula is C28H27ClN2O4. The SMILES string of the molecule is O=C(O)c1cccc2c1CC(=CCCN1CCC(O)(c3ccc(Cl)cc3)CC1)c1cccnc1O2. The van der Waals surface area contributed by atoms with Gasteiger partial charge in [-0.3, -0.25) is 0 Å². The minimum atomic E-state index is -0.967. The molecule has 2 aliphatic heterocycles. The predicted octanol–water partition coefficient (Wildman–Crippen LogP) is 5.54. The average molecular weight is 491 g/mol. The Morgan fingerprint density at radius 3 is 2.63 bits per heavy atom. The van der Waals surface area contributed by atoms with Crippen molar-refractivity contribution in [2.75, 3.05) is 19.6 Å². The fourth-order valence-corrected chi connectivity index (χ4v) is 5.08. The summed E-state index contributed by atoms with van der Waals surface area (Å²) >= 11 is 6.00. The molecule has 2 N–H and O–H groups in total. The molecule has 1 saturated heterocycles. The van der Waals surface area contributed by atoms with Gasteiger partial charge >= 0.3 is 5.97 Å². The summed E-state index contributed by atoms with van der Waals surface area (Å²) in [5.74, 6) is 0.0574. The molecule has 1 fully saturated rings. The van der Waals surface area contributed by atoms with E-state index in [1.54, 1.807) is 24.4 Å². The number of likely N-dealkylation sites (tertiary alicyclic amines) is 1. The van der Waals surface area contributed by atoms with Gasteiger partial charge in [0.1, 0.15) is 5.75 Å². The number of rotatable bonds is 5. The first-order valence-electron chi connectivity index (χ1n) is 11.8. The number of carbonyl (C=O) groups is 1. The number of carboxylic acids is 1. The highest BCUT2D eigenvalue weighted by atomic mass is 35.5. The Labute approximate surface area is 209 Å². The number of pyridine rings is 1. The van der Waals surface area contributed by atoms with Crippen molar-refractivity contribution in [1.82, 2.24) is 9.88 Å². The molecule has 0 amide bonds. The molecule has 6 nitrogen and oxygen atoms in total. The number of ether oxygens (including phenoxy) is 1. The van der Waals surface area contributed by atoms with Gasteiger partial charge in [0, 0.05) is 48.4 Å². The summed E-state index contributed by atoms with van der Waals surface area (Å²) in [6, 6.07) is 16.4. The van der Waals surface area contributed by atoms with Gasteiger partial charge in [0.25, 0.3) is 0 Å². The number of piperidine rings is 1. The molecule has 0 aliphatic carbocycles. The van der Waals surface area contributed by atoms with Crippen molar-refractivity contribution >= 4 is 23.1 Å². The molecule has 5 rings (SSSR count). The Balaban J connectivity index is 1.30. The largest absolute Gasteiger partial charge is 0.478 e. The molecule has 3 aromatic rings. The normalized spacial score (nSPS) is 18.3. The van der Waals surface area contributed by atoms with Gasteiger partial charge in [-0.05, 0) is 66.8 Å². The van der Waals surface area contributed by atoms with Crippen LogP contribution in [0.4, 0.5) is 0 Å². The molecule has 0 spiro atoms. The van der Waals surface area contributed by atoms with Gasteiger partial charge in [0.05, 0.1) is 11.2 Å². The lowest BCUT2D eigenvalue weighted by Crippen LogP contribution is -2.42. The Kier molecular flexibility index (Phi) is 6.60. The Bertz CT molecular complexity index is 1260. The molecule has 1 aromatic heterocycles. The lowest BCUT2D eigenvalue weighted by Gasteiger charge is -2.38. The summed E-state index contributed by atoms with van der Waals surface area (Å²) in [7, 11) is 0. The van der Waals surface area contributed by atoms with Crippen LogP contribution in [0, 0.1) is 0 Å². The molecule has 180 valence electrons. The third kappa shape index (κ3) is 4.96. The van der Waals surface area contributed by atoms with Crippen LogP contribution < -0.4 is 4.74 Å². The summed E-state index contributed by atoms with van der Waals surface area (Å²) in [5, 5.41) is 21.5. The predicted molar refractivity (Wildman–Crippen MR) is 135 cm³/mol. The van der Waals surface area contributed by atoms with Crippen molar-refractivity contribution in [2.24, 2.45) is 0 Å². The molecule has 0 unspecified atom stereocenters. The van der Waals surface area contributed by atoms with Crippen LogP contribution in [0.2, 0.25) is 5.02 Å². The molecule has 0 saturated carbocycles. The first kappa shape index (κ1) is 23.5. The van der Waals surface area contributed by atoms with E-state index >= 15 is 0 Å². The molecule has 35 heavy (non-hydrogen) atoms. The van der Waals surface area contributed by atoms with Gasteiger partial charge in [-0.15, -0.1) is 0 Å². The number of fused-ring (bicyclic) bond motifs is 2. The summed E-state index contributed by atoms with van der Waals surface area (Å²) in [5.41, 5.74) is 2.90. The smallest absolute Gasteiger partial charge is 0.336 e. The number of benzene rings is 2. The highest BCUT2D eigenvalue weighted by Gasteiger charge is 2.33. The van der Waals surface area contributed by atoms with E-state index in [0.717, 1.165) is 42.8 Å². The van der Waals surface area contributed by atoms with E-state index in [4.69, 9.17) is 16.3 Å². The number of aromatic nitrogens is 1. The molecule has 0 bridgehead atoms. The number of aromatic carboxylic acids is 1. The number of carboxylic acid groups (broad SMARTS) is 1. The fourth-order valence-electron chi connectivity index (χ4n) is 4.95. The van der Waals surface area contributed by atoms with Crippen LogP contribution in [-0.2, 0) is 12.0 Å². The Hall–Kier alpha value is -3.19. The maximum Gasteiger partial charge on any atom is 0.336 e. The number of halogens is 1. The third-order valence-electron chi connectivity index (χ3n) is 6.96. The quantitative estimate of drug-likeness (QED) is 0.488. The van der Waals surface area contributed by atoms with Crippen molar-refractivity contribution < 1.29 is 19.7 Å². The van der Waals surface area contributed by atoms with E-state index in [0.29, 0.717) is 41.5 Å². The zero-order valence-electron chi connectivity index (χ0n) is 19.3. The van der Waals surface area contributed by atoms with Crippen LogP contribution in [0.1, 0.15) is 46.3 Å². The number of hydrogen-bond acceptors (Lipinski definition) is 5. The van der Waals surface area contributed by atoms with E-state index in [2.05, 4.69) is 16.0 Å². The standard InChI is InChI=1S/C28H27ClN2O4/c29-21-10-8-20(9-11-21)28(34)12-16-31(17-13-28)15-3-4-19-18-24-23(27(32)33)5-1-7-25(24)35-26-22(19)6-2-14-30-26/h1-2,4-11,14,34H,3,12-13,15-18H2,(H,32,33). The van der Waals surface area contributed by atoms with Gasteiger partial charge in [0.15, 0.2) is 0 Å². The van der Waals surface area contributed by atoms with E-state index < -0.39 is 11.6 Å². The van der Waals surface area contributed by atoms with Gasteiger partial charge in [-0.2, -0.15) is 0 Å². The van der Waals surface area contributed by atoms with Crippen molar-refractivity contribution in [3.05, 3.63) is 94.1 Å². The van der Waals surface area contributed by atoms with Crippen LogP contribution in [-0.4, -0.2) is 45.7 Å². The lowest BCUT2D eigenvalue weighted by molar-refractivity contribution is -0.0254. The monoisotopic (exact) mass is 490 g/mol. The minimum Gasteiger partial charge on any atom is -0.478 e. The highest BCUT2D eigenvalue weighted by molar-refractivity contribution is 6.30. The zero-order chi connectivity index (χ0) is 24.4. The number of allylic oxidation sites excluding steroid dienone is 1. The second-order valence-electron chi connectivity index (χ2n) is 9.12. The summed E-state index contributed by atoms with van der Waals surface area (Å²) < 4.78 is 6.03. The van der Waals surface area contributed by atoms with Gasteiger partial charge in [-0.25, -0.2) is 9.78 Å². The molecule has 2 aromatic carbocycles. The maximum absolute atomic E-state index is 11.8. The van der Waals surface area contributed by atoms with Crippen molar-refractivity contribution in [3.63, 3.8) is 0 Å².